The van der Waals surface area contributed by atoms with Crippen molar-refractivity contribution >= 4 is 5.97 Å². The normalized spacial score (nSPS) is 10.4. The molecule has 0 bridgehead atoms. The smallest absolute Gasteiger partial charge is 0.358 e. The van der Waals surface area contributed by atoms with E-state index < -0.39 is 11.8 Å². The minimum absolute atomic E-state index is 0.110. The third-order valence-corrected chi connectivity index (χ3v) is 2.19. The first-order chi connectivity index (χ1) is 7.59. The predicted octanol–water partition coefficient (Wildman–Crippen LogP) is 2.49. The summed E-state index contributed by atoms with van der Waals surface area (Å²) in [7, 11) is 0. The van der Waals surface area contributed by atoms with Crippen LogP contribution in [0.4, 0.5) is 4.39 Å². The first-order valence-electron chi connectivity index (χ1n) is 4.55. The number of nitrogens with zero attached hydrogens (tertiary/aromatic N) is 1. The Morgan fingerprint density at radius 2 is 2.25 bits per heavy atom. The minimum Gasteiger partial charge on any atom is -0.476 e. The molecule has 0 spiro atoms. The lowest BCUT2D eigenvalue weighted by Gasteiger charge is -2.00. The van der Waals surface area contributed by atoms with Gasteiger partial charge in [0.1, 0.15) is 5.82 Å². The van der Waals surface area contributed by atoms with Crippen molar-refractivity contribution < 1.29 is 18.8 Å². The highest BCUT2D eigenvalue weighted by Crippen LogP contribution is 2.25. The quantitative estimate of drug-likeness (QED) is 0.846. The number of carboxylic acid groups (broad SMARTS) is 1. The zero-order chi connectivity index (χ0) is 11.7. The number of carbonyl (C=O) groups is 1. The van der Waals surface area contributed by atoms with Crippen LogP contribution in [-0.4, -0.2) is 16.2 Å². The number of benzene rings is 1. The van der Waals surface area contributed by atoms with Crippen LogP contribution in [0.2, 0.25) is 0 Å². The molecule has 2 aromatic rings. The van der Waals surface area contributed by atoms with E-state index in [0.717, 1.165) is 0 Å². The Labute approximate surface area is 90.3 Å². The van der Waals surface area contributed by atoms with Gasteiger partial charge in [0.05, 0.1) is 5.56 Å². The molecule has 1 N–H and O–H groups in total. The van der Waals surface area contributed by atoms with E-state index in [9.17, 15) is 9.18 Å². The summed E-state index contributed by atoms with van der Waals surface area (Å²) >= 11 is 0. The Hall–Kier alpha value is -2.17. The molecule has 4 nitrogen and oxygen atoms in total. The number of aryl methyl sites for hydroxylation is 1. The Morgan fingerprint density at radius 1 is 1.50 bits per heavy atom. The molecule has 0 aliphatic heterocycles. The first-order valence-corrected chi connectivity index (χ1v) is 4.55. The summed E-state index contributed by atoms with van der Waals surface area (Å²) in [6.07, 6.45) is 0. The Kier molecular flexibility index (Phi) is 2.44. The van der Waals surface area contributed by atoms with Crippen molar-refractivity contribution in [2.45, 2.75) is 6.92 Å². The van der Waals surface area contributed by atoms with Crippen LogP contribution < -0.4 is 0 Å². The van der Waals surface area contributed by atoms with E-state index in [1.54, 1.807) is 19.1 Å². The van der Waals surface area contributed by atoms with Gasteiger partial charge in [0.25, 0.3) is 0 Å². The first kappa shape index (κ1) is 10.4. The van der Waals surface area contributed by atoms with Crippen LogP contribution in [0.5, 0.6) is 0 Å². The van der Waals surface area contributed by atoms with Crippen molar-refractivity contribution in [1.82, 2.24) is 5.16 Å². The van der Waals surface area contributed by atoms with Gasteiger partial charge >= 0.3 is 5.97 Å². The van der Waals surface area contributed by atoms with E-state index in [-0.39, 0.29) is 17.0 Å². The van der Waals surface area contributed by atoms with E-state index in [1.807, 2.05) is 0 Å². The molecule has 5 heteroatoms. The SMILES string of the molecule is Cc1cccc(-c2cc(C(=O)O)no2)c1F. The van der Waals surface area contributed by atoms with Gasteiger partial charge in [-0.15, -0.1) is 0 Å². The topological polar surface area (TPSA) is 63.3 Å². The molecule has 0 saturated heterocycles. The number of hydrogen-bond donors (Lipinski definition) is 1. The van der Waals surface area contributed by atoms with Crippen molar-refractivity contribution in [3.05, 3.63) is 41.3 Å². The molecule has 82 valence electrons. The van der Waals surface area contributed by atoms with Gasteiger partial charge in [-0.1, -0.05) is 17.3 Å². The number of aromatic carboxylic acids is 1. The average molecular weight is 221 g/mol. The van der Waals surface area contributed by atoms with Crippen molar-refractivity contribution in [2.24, 2.45) is 0 Å². The largest absolute Gasteiger partial charge is 0.476 e. The molecule has 0 fully saturated rings. The van der Waals surface area contributed by atoms with E-state index in [4.69, 9.17) is 9.63 Å². The Morgan fingerprint density at radius 3 is 2.88 bits per heavy atom. The maximum Gasteiger partial charge on any atom is 0.358 e. The molecule has 0 atom stereocenters. The summed E-state index contributed by atoms with van der Waals surface area (Å²) in [6, 6.07) is 5.98. The van der Waals surface area contributed by atoms with Crippen LogP contribution in [0.1, 0.15) is 16.1 Å². The molecule has 0 saturated carbocycles. The number of hydrogen-bond acceptors (Lipinski definition) is 3. The lowest BCUT2D eigenvalue weighted by Crippen LogP contribution is -1.94. The fraction of sp³-hybridized carbons (Fsp3) is 0.0909. The molecule has 0 radical (unpaired) electrons. The summed E-state index contributed by atoms with van der Waals surface area (Å²) in [6.45, 7) is 1.62. The van der Waals surface area contributed by atoms with Crippen molar-refractivity contribution in [3.63, 3.8) is 0 Å². The zero-order valence-corrected chi connectivity index (χ0v) is 8.40. The predicted molar refractivity (Wildman–Crippen MR) is 53.6 cm³/mol. The van der Waals surface area contributed by atoms with E-state index in [1.165, 1.54) is 12.1 Å². The summed E-state index contributed by atoms with van der Waals surface area (Å²) < 4.78 is 18.4. The van der Waals surface area contributed by atoms with Crippen molar-refractivity contribution in [3.8, 4) is 11.3 Å². The molecule has 1 aromatic carbocycles. The Bertz CT molecular complexity index is 548. The zero-order valence-electron chi connectivity index (χ0n) is 8.40. The number of rotatable bonds is 2. The second-order valence-corrected chi connectivity index (χ2v) is 3.32. The van der Waals surface area contributed by atoms with Gasteiger partial charge in [-0.2, -0.15) is 0 Å². The third kappa shape index (κ3) is 1.67. The van der Waals surface area contributed by atoms with Crippen LogP contribution >= 0.6 is 0 Å². The second-order valence-electron chi connectivity index (χ2n) is 3.32. The maximum absolute atomic E-state index is 13.7. The van der Waals surface area contributed by atoms with Gasteiger partial charge in [0.2, 0.25) is 0 Å². The van der Waals surface area contributed by atoms with Crippen LogP contribution in [-0.2, 0) is 0 Å². The lowest BCUT2D eigenvalue weighted by atomic mass is 10.1. The molecule has 0 amide bonds. The van der Waals surface area contributed by atoms with Gasteiger partial charge in [-0.25, -0.2) is 9.18 Å². The number of carboxylic acids is 1. The maximum atomic E-state index is 13.7. The van der Waals surface area contributed by atoms with Gasteiger partial charge in [0, 0.05) is 6.07 Å². The standard InChI is InChI=1S/C11H8FNO3/c1-6-3-2-4-7(10(6)12)9-5-8(11(14)15)13-16-9/h2-5H,1H3,(H,14,15). The van der Waals surface area contributed by atoms with Gasteiger partial charge in [-0.05, 0) is 18.6 Å². The van der Waals surface area contributed by atoms with E-state index in [0.29, 0.717) is 5.56 Å². The van der Waals surface area contributed by atoms with Crippen molar-refractivity contribution in [2.75, 3.05) is 0 Å². The third-order valence-electron chi connectivity index (χ3n) is 2.19. The molecule has 0 unspecified atom stereocenters. The molecule has 1 aromatic heterocycles. The second kappa shape index (κ2) is 3.77. The van der Waals surface area contributed by atoms with Crippen LogP contribution in [0.25, 0.3) is 11.3 Å². The van der Waals surface area contributed by atoms with E-state index in [2.05, 4.69) is 5.16 Å². The van der Waals surface area contributed by atoms with Gasteiger partial charge in [-0.3, -0.25) is 0 Å². The molecule has 0 aliphatic carbocycles. The summed E-state index contributed by atoms with van der Waals surface area (Å²) in [5.41, 5.74) is 0.432. The lowest BCUT2D eigenvalue weighted by molar-refractivity contribution is 0.0686. The van der Waals surface area contributed by atoms with Gasteiger partial charge in [0.15, 0.2) is 11.5 Å². The highest BCUT2D eigenvalue weighted by molar-refractivity contribution is 5.86. The van der Waals surface area contributed by atoms with Crippen molar-refractivity contribution in [1.29, 1.82) is 0 Å². The molecular formula is C11H8FNO3. The minimum atomic E-state index is -1.21. The molecule has 16 heavy (non-hydrogen) atoms. The Balaban J connectivity index is 2.50. The monoisotopic (exact) mass is 221 g/mol. The number of halogens is 1. The highest BCUT2D eigenvalue weighted by atomic mass is 19.1. The molecule has 0 aliphatic rings. The molecule has 2 rings (SSSR count). The fourth-order valence-electron chi connectivity index (χ4n) is 1.34. The average Bonchev–Trinajstić information content (AvgIpc) is 2.71. The fourth-order valence-corrected chi connectivity index (χ4v) is 1.34. The van der Waals surface area contributed by atoms with Crippen LogP contribution in [0, 0.1) is 12.7 Å². The molecular weight excluding hydrogens is 213 g/mol. The van der Waals surface area contributed by atoms with E-state index >= 15 is 0 Å². The summed E-state index contributed by atoms with van der Waals surface area (Å²) in [5.74, 6) is -1.53. The number of aromatic nitrogens is 1. The highest BCUT2D eigenvalue weighted by Gasteiger charge is 2.15. The van der Waals surface area contributed by atoms with Gasteiger partial charge < -0.3 is 9.63 Å². The van der Waals surface area contributed by atoms with Crippen LogP contribution in [0.3, 0.4) is 0 Å². The summed E-state index contributed by atoms with van der Waals surface area (Å²) in [5, 5.41) is 12.0. The van der Waals surface area contributed by atoms with Crippen LogP contribution in [0.15, 0.2) is 28.8 Å². The molecule has 1 heterocycles. The summed E-state index contributed by atoms with van der Waals surface area (Å²) in [4.78, 5) is 10.6.